The molecule has 1 amide bonds. The van der Waals surface area contributed by atoms with Crippen LogP contribution in [0.25, 0.3) is 0 Å². The number of rotatable bonds is 4. The molecule has 0 N–H and O–H groups in total. The highest BCUT2D eigenvalue weighted by molar-refractivity contribution is 6.29. The number of halogens is 3. The van der Waals surface area contributed by atoms with Crippen LogP contribution < -0.4 is 4.90 Å². The van der Waals surface area contributed by atoms with Gasteiger partial charge in [0.2, 0.25) is 11.9 Å². The third-order valence-corrected chi connectivity index (χ3v) is 6.10. The van der Waals surface area contributed by atoms with Crippen molar-refractivity contribution in [1.29, 1.82) is 0 Å². The fraction of sp³-hybridized carbons (Fsp3) is 0.476. The molecule has 2 aliphatic carbocycles. The SMILES string of the molecule is Cc1c(CN(C(=O)CCl)c2ncc3c(n2)CCCC3)c(F)c(F)c2c1CCC2. The number of alkyl halides is 1. The Labute approximate surface area is 167 Å². The van der Waals surface area contributed by atoms with Crippen LogP contribution in [0.3, 0.4) is 0 Å². The number of hydrogen-bond acceptors (Lipinski definition) is 3. The van der Waals surface area contributed by atoms with Crippen LogP contribution in [0.15, 0.2) is 6.20 Å². The standard InChI is InChI=1S/C21H22ClF2N3O/c1-12-14-6-4-7-15(14)19(23)20(24)16(12)11-27(18(28)9-22)21-25-10-13-5-2-3-8-17(13)26-21/h10H,2-9,11H2,1H3. The second-order valence-electron chi connectivity index (χ2n) is 7.50. The van der Waals surface area contributed by atoms with Crippen molar-refractivity contribution in [2.75, 3.05) is 10.8 Å². The molecule has 28 heavy (non-hydrogen) atoms. The van der Waals surface area contributed by atoms with E-state index in [1.165, 1.54) is 4.90 Å². The summed E-state index contributed by atoms with van der Waals surface area (Å²) >= 11 is 5.80. The molecule has 0 radical (unpaired) electrons. The largest absolute Gasteiger partial charge is 0.275 e. The highest BCUT2D eigenvalue weighted by Crippen LogP contribution is 2.33. The van der Waals surface area contributed by atoms with Crippen LogP contribution in [0.5, 0.6) is 0 Å². The fourth-order valence-electron chi connectivity index (χ4n) is 4.29. The van der Waals surface area contributed by atoms with Gasteiger partial charge in [-0.25, -0.2) is 18.7 Å². The highest BCUT2D eigenvalue weighted by atomic mass is 35.5. The zero-order valence-electron chi connectivity index (χ0n) is 15.8. The molecule has 0 spiro atoms. The topological polar surface area (TPSA) is 46.1 Å². The van der Waals surface area contributed by atoms with Crippen LogP contribution in [-0.4, -0.2) is 21.8 Å². The summed E-state index contributed by atoms with van der Waals surface area (Å²) in [5.74, 6) is -2.20. The monoisotopic (exact) mass is 405 g/mol. The lowest BCUT2D eigenvalue weighted by molar-refractivity contribution is -0.116. The number of anilines is 1. The van der Waals surface area contributed by atoms with Crippen LogP contribution in [0, 0.1) is 18.6 Å². The molecule has 148 valence electrons. The van der Waals surface area contributed by atoms with E-state index in [9.17, 15) is 13.6 Å². The number of hydrogen-bond donors (Lipinski definition) is 0. The van der Waals surface area contributed by atoms with Gasteiger partial charge in [-0.2, -0.15) is 0 Å². The van der Waals surface area contributed by atoms with Crippen LogP contribution in [0.4, 0.5) is 14.7 Å². The predicted molar refractivity (Wildman–Crippen MR) is 104 cm³/mol. The second-order valence-corrected chi connectivity index (χ2v) is 7.77. The van der Waals surface area contributed by atoms with Crippen molar-refractivity contribution in [2.24, 2.45) is 0 Å². The van der Waals surface area contributed by atoms with Crippen LogP contribution in [0.1, 0.15) is 52.8 Å². The first-order chi connectivity index (χ1) is 13.5. The van der Waals surface area contributed by atoms with Gasteiger partial charge in [0.1, 0.15) is 5.88 Å². The summed E-state index contributed by atoms with van der Waals surface area (Å²) in [6, 6.07) is 0. The predicted octanol–water partition coefficient (Wildman–Crippen LogP) is 4.20. The summed E-state index contributed by atoms with van der Waals surface area (Å²) < 4.78 is 29.4. The van der Waals surface area contributed by atoms with E-state index in [4.69, 9.17) is 11.6 Å². The molecule has 2 aliphatic rings. The Morgan fingerprint density at radius 2 is 1.86 bits per heavy atom. The van der Waals surface area contributed by atoms with Gasteiger partial charge < -0.3 is 0 Å². The van der Waals surface area contributed by atoms with Gasteiger partial charge in [-0.05, 0) is 74.1 Å². The minimum atomic E-state index is -0.886. The van der Waals surface area contributed by atoms with Gasteiger partial charge in [0, 0.05) is 17.5 Å². The molecule has 0 atom stereocenters. The number of nitrogens with zero attached hydrogens (tertiary/aromatic N) is 3. The zero-order chi connectivity index (χ0) is 19.8. The Kier molecular flexibility index (Phi) is 5.32. The van der Waals surface area contributed by atoms with Crippen LogP contribution in [0.2, 0.25) is 0 Å². The summed E-state index contributed by atoms with van der Waals surface area (Å²) in [5, 5.41) is 0. The van der Waals surface area contributed by atoms with E-state index in [1.807, 2.05) is 0 Å². The van der Waals surface area contributed by atoms with Gasteiger partial charge in [-0.15, -0.1) is 11.6 Å². The fourth-order valence-corrected chi connectivity index (χ4v) is 4.44. The van der Waals surface area contributed by atoms with E-state index in [0.717, 1.165) is 55.3 Å². The lowest BCUT2D eigenvalue weighted by Crippen LogP contribution is -2.34. The third kappa shape index (κ3) is 3.28. The number of aryl methyl sites for hydroxylation is 2. The molecular weight excluding hydrogens is 384 g/mol. The van der Waals surface area contributed by atoms with Gasteiger partial charge in [0.15, 0.2) is 11.6 Å². The number of amides is 1. The maximum Gasteiger partial charge on any atom is 0.244 e. The average Bonchev–Trinajstić information content (AvgIpc) is 3.22. The Balaban J connectivity index is 1.75. The van der Waals surface area contributed by atoms with E-state index in [-0.39, 0.29) is 23.9 Å². The van der Waals surface area contributed by atoms with Crippen molar-refractivity contribution in [1.82, 2.24) is 9.97 Å². The minimum Gasteiger partial charge on any atom is -0.275 e. The number of carbonyl (C=O) groups is 1. The molecule has 0 aliphatic heterocycles. The molecule has 4 rings (SSSR count). The summed E-state index contributed by atoms with van der Waals surface area (Å²) in [6.45, 7) is 1.66. The summed E-state index contributed by atoms with van der Waals surface area (Å²) in [6.07, 6.45) is 7.71. The van der Waals surface area contributed by atoms with E-state index in [2.05, 4.69) is 9.97 Å². The van der Waals surface area contributed by atoms with Gasteiger partial charge >= 0.3 is 0 Å². The highest BCUT2D eigenvalue weighted by Gasteiger charge is 2.28. The molecule has 1 aromatic heterocycles. The summed E-state index contributed by atoms with van der Waals surface area (Å²) in [5.41, 5.74) is 4.22. The van der Waals surface area contributed by atoms with E-state index < -0.39 is 17.5 Å². The van der Waals surface area contributed by atoms with Gasteiger partial charge in [-0.1, -0.05) is 0 Å². The molecule has 0 fully saturated rings. The van der Waals surface area contributed by atoms with Gasteiger partial charge in [0.05, 0.1) is 6.54 Å². The molecule has 2 aromatic rings. The number of carbonyl (C=O) groups excluding carboxylic acids is 1. The quantitative estimate of drug-likeness (QED) is 0.716. The molecule has 0 unspecified atom stereocenters. The van der Waals surface area contributed by atoms with Crippen molar-refractivity contribution in [3.05, 3.63) is 51.3 Å². The maximum absolute atomic E-state index is 14.8. The Hall–Kier alpha value is -2.08. The molecule has 1 aromatic carbocycles. The molecule has 7 heteroatoms. The number of aromatic nitrogens is 2. The molecule has 0 bridgehead atoms. The Morgan fingerprint density at radius 1 is 1.11 bits per heavy atom. The summed E-state index contributed by atoms with van der Waals surface area (Å²) in [7, 11) is 0. The lowest BCUT2D eigenvalue weighted by Gasteiger charge is -2.24. The first-order valence-corrected chi connectivity index (χ1v) is 10.2. The van der Waals surface area contributed by atoms with Crippen LogP contribution >= 0.6 is 11.6 Å². The number of benzene rings is 1. The Bertz CT molecular complexity index is 948. The summed E-state index contributed by atoms with van der Waals surface area (Å²) in [4.78, 5) is 22.7. The van der Waals surface area contributed by atoms with E-state index in [0.29, 0.717) is 17.5 Å². The molecule has 0 saturated heterocycles. The average molecular weight is 406 g/mol. The second kappa shape index (κ2) is 7.74. The Morgan fingerprint density at radius 3 is 2.64 bits per heavy atom. The van der Waals surface area contributed by atoms with Crippen molar-refractivity contribution in [3.8, 4) is 0 Å². The molecule has 4 nitrogen and oxygen atoms in total. The smallest absolute Gasteiger partial charge is 0.244 e. The first kappa shape index (κ1) is 19.2. The zero-order valence-corrected chi connectivity index (χ0v) is 16.6. The van der Waals surface area contributed by atoms with Gasteiger partial charge in [-0.3, -0.25) is 9.69 Å². The molecular formula is C21H22ClF2N3O. The molecule has 0 saturated carbocycles. The van der Waals surface area contributed by atoms with Crippen molar-refractivity contribution in [2.45, 2.75) is 58.4 Å². The van der Waals surface area contributed by atoms with E-state index in [1.54, 1.807) is 13.1 Å². The van der Waals surface area contributed by atoms with E-state index >= 15 is 0 Å². The van der Waals surface area contributed by atoms with Crippen molar-refractivity contribution < 1.29 is 13.6 Å². The minimum absolute atomic E-state index is 0.133. The molecule has 1 heterocycles. The van der Waals surface area contributed by atoms with Crippen molar-refractivity contribution in [3.63, 3.8) is 0 Å². The lowest BCUT2D eigenvalue weighted by atomic mass is 9.97. The first-order valence-electron chi connectivity index (χ1n) is 9.70. The normalized spacial score (nSPS) is 15.3. The van der Waals surface area contributed by atoms with Gasteiger partial charge in [0.25, 0.3) is 0 Å². The van der Waals surface area contributed by atoms with Crippen LogP contribution in [-0.2, 0) is 37.0 Å². The number of fused-ring (bicyclic) bond motifs is 2. The maximum atomic E-state index is 14.8. The third-order valence-electron chi connectivity index (χ3n) is 5.87. The van der Waals surface area contributed by atoms with Crippen molar-refractivity contribution >= 4 is 23.5 Å².